The number of hydrogen-bond donors (Lipinski definition) is 1. The number of rotatable bonds is 8. The van der Waals surface area contributed by atoms with Crippen molar-refractivity contribution in [1.29, 1.82) is 0 Å². The highest BCUT2D eigenvalue weighted by atomic mass is 15.2. The van der Waals surface area contributed by atoms with Gasteiger partial charge in [-0.25, -0.2) is 0 Å². The molecule has 0 saturated heterocycles. The van der Waals surface area contributed by atoms with Crippen molar-refractivity contribution in [2.24, 2.45) is 5.92 Å². The highest BCUT2D eigenvalue weighted by Crippen LogP contribution is 2.09. The minimum atomic E-state index is 0.547. The number of hydrogen-bond acceptors (Lipinski definition) is 3. The molecule has 1 rings (SSSR count). The van der Waals surface area contributed by atoms with Gasteiger partial charge in [0.05, 0.1) is 0 Å². The van der Waals surface area contributed by atoms with Crippen LogP contribution in [0, 0.1) is 5.92 Å². The Labute approximate surface area is 118 Å². The van der Waals surface area contributed by atoms with Crippen molar-refractivity contribution in [2.75, 3.05) is 20.1 Å². The molecule has 0 aliphatic rings. The molecule has 108 valence electrons. The summed E-state index contributed by atoms with van der Waals surface area (Å²) in [6.07, 6.45) is 2.89. The minimum Gasteiger partial charge on any atom is -0.313 e. The smallest absolute Gasteiger partial charge is 0.0416 e. The van der Waals surface area contributed by atoms with Crippen molar-refractivity contribution >= 4 is 0 Å². The lowest BCUT2D eigenvalue weighted by Gasteiger charge is -2.32. The molecule has 3 heteroatoms. The van der Waals surface area contributed by atoms with Crippen molar-refractivity contribution in [3.05, 3.63) is 30.1 Å². The first-order valence-corrected chi connectivity index (χ1v) is 7.34. The van der Waals surface area contributed by atoms with E-state index in [2.05, 4.69) is 62.1 Å². The van der Waals surface area contributed by atoms with E-state index in [1.54, 1.807) is 0 Å². The summed E-state index contributed by atoms with van der Waals surface area (Å²) in [6.45, 7) is 11.1. The fourth-order valence-electron chi connectivity index (χ4n) is 2.26. The van der Waals surface area contributed by atoms with Crippen LogP contribution in [0.2, 0.25) is 0 Å². The lowest BCUT2D eigenvalue weighted by atomic mass is 10.0. The van der Waals surface area contributed by atoms with Crippen molar-refractivity contribution in [1.82, 2.24) is 15.2 Å². The standard InChI is InChI=1S/C16H29N3/c1-13(2)16(12-18-14(3)4)19(5)11-9-15-8-6-7-10-17-15/h6-8,10,13-14,16,18H,9,11-12H2,1-5H3. The first kappa shape index (κ1) is 16.1. The molecule has 1 atom stereocenters. The van der Waals surface area contributed by atoms with Gasteiger partial charge in [0.25, 0.3) is 0 Å². The van der Waals surface area contributed by atoms with Crippen LogP contribution in [0.1, 0.15) is 33.4 Å². The number of pyridine rings is 1. The van der Waals surface area contributed by atoms with Gasteiger partial charge in [-0.3, -0.25) is 4.98 Å². The Bertz CT molecular complexity index is 335. The Morgan fingerprint density at radius 3 is 2.47 bits per heavy atom. The van der Waals surface area contributed by atoms with Gasteiger partial charge in [-0.2, -0.15) is 0 Å². The van der Waals surface area contributed by atoms with Gasteiger partial charge in [0, 0.05) is 43.5 Å². The maximum absolute atomic E-state index is 4.39. The molecule has 0 radical (unpaired) electrons. The van der Waals surface area contributed by atoms with Crippen LogP contribution in [0.5, 0.6) is 0 Å². The van der Waals surface area contributed by atoms with Crippen LogP contribution in [0.4, 0.5) is 0 Å². The average molecular weight is 263 g/mol. The van der Waals surface area contributed by atoms with Gasteiger partial charge in [-0.05, 0) is 25.1 Å². The summed E-state index contributed by atoms with van der Waals surface area (Å²) in [5, 5.41) is 3.55. The molecule has 0 aliphatic carbocycles. The Kier molecular flexibility index (Phi) is 7.03. The molecule has 19 heavy (non-hydrogen) atoms. The van der Waals surface area contributed by atoms with Gasteiger partial charge in [-0.15, -0.1) is 0 Å². The normalized spacial score (nSPS) is 13.5. The Morgan fingerprint density at radius 2 is 1.95 bits per heavy atom. The Hall–Kier alpha value is -0.930. The van der Waals surface area contributed by atoms with Crippen molar-refractivity contribution in [2.45, 2.75) is 46.2 Å². The van der Waals surface area contributed by atoms with Gasteiger partial charge in [0.2, 0.25) is 0 Å². The quantitative estimate of drug-likeness (QED) is 0.781. The highest BCUT2D eigenvalue weighted by molar-refractivity contribution is 5.03. The molecule has 0 bridgehead atoms. The zero-order valence-electron chi connectivity index (χ0n) is 13.1. The van der Waals surface area contributed by atoms with Gasteiger partial charge < -0.3 is 10.2 Å². The molecule has 1 heterocycles. The molecule has 0 fully saturated rings. The average Bonchev–Trinajstić information content (AvgIpc) is 2.37. The van der Waals surface area contributed by atoms with Crippen LogP contribution >= 0.6 is 0 Å². The molecule has 1 aromatic rings. The number of nitrogens with one attached hydrogen (secondary N) is 1. The summed E-state index contributed by atoms with van der Waals surface area (Å²) in [5.74, 6) is 0.653. The molecule has 1 aromatic heterocycles. The molecular formula is C16H29N3. The summed E-state index contributed by atoms with van der Waals surface area (Å²) in [4.78, 5) is 6.84. The fourth-order valence-corrected chi connectivity index (χ4v) is 2.26. The molecule has 0 aliphatic heterocycles. The Morgan fingerprint density at radius 1 is 1.21 bits per heavy atom. The summed E-state index contributed by atoms with van der Waals surface area (Å²) >= 11 is 0. The molecule has 1 unspecified atom stereocenters. The molecule has 0 saturated carbocycles. The third-order valence-corrected chi connectivity index (χ3v) is 3.52. The first-order chi connectivity index (χ1) is 9.00. The molecule has 0 amide bonds. The topological polar surface area (TPSA) is 28.2 Å². The van der Waals surface area contributed by atoms with Crippen LogP contribution in [-0.2, 0) is 6.42 Å². The second-order valence-corrected chi connectivity index (χ2v) is 5.93. The van der Waals surface area contributed by atoms with Crippen molar-refractivity contribution < 1.29 is 0 Å². The minimum absolute atomic E-state index is 0.547. The van der Waals surface area contributed by atoms with Crippen LogP contribution in [0.3, 0.4) is 0 Å². The van der Waals surface area contributed by atoms with E-state index in [4.69, 9.17) is 0 Å². The van der Waals surface area contributed by atoms with E-state index in [0.29, 0.717) is 18.0 Å². The van der Waals surface area contributed by atoms with E-state index < -0.39 is 0 Å². The van der Waals surface area contributed by atoms with E-state index in [1.807, 2.05) is 12.3 Å². The fraction of sp³-hybridized carbons (Fsp3) is 0.688. The van der Waals surface area contributed by atoms with Gasteiger partial charge >= 0.3 is 0 Å². The molecule has 3 nitrogen and oxygen atoms in total. The lowest BCUT2D eigenvalue weighted by Crippen LogP contribution is -2.45. The van der Waals surface area contributed by atoms with E-state index in [9.17, 15) is 0 Å². The SMILES string of the molecule is CC(C)NCC(C(C)C)N(C)CCc1ccccn1. The predicted molar refractivity (Wildman–Crippen MR) is 82.3 cm³/mol. The largest absolute Gasteiger partial charge is 0.313 e. The predicted octanol–water partition coefficient (Wildman–Crippen LogP) is 2.58. The summed E-state index contributed by atoms with van der Waals surface area (Å²) < 4.78 is 0. The van der Waals surface area contributed by atoms with Crippen LogP contribution in [0.25, 0.3) is 0 Å². The maximum Gasteiger partial charge on any atom is 0.0416 e. The zero-order valence-corrected chi connectivity index (χ0v) is 13.1. The number of likely N-dealkylation sites (N-methyl/N-ethyl adjacent to an activating group) is 1. The van der Waals surface area contributed by atoms with E-state index in [1.165, 1.54) is 5.69 Å². The van der Waals surface area contributed by atoms with Gasteiger partial charge in [0.15, 0.2) is 0 Å². The zero-order chi connectivity index (χ0) is 14.3. The number of aromatic nitrogens is 1. The van der Waals surface area contributed by atoms with Crippen molar-refractivity contribution in [3.8, 4) is 0 Å². The summed E-state index contributed by atoms with van der Waals surface area (Å²) in [6, 6.07) is 7.25. The lowest BCUT2D eigenvalue weighted by molar-refractivity contribution is 0.186. The third-order valence-electron chi connectivity index (χ3n) is 3.52. The van der Waals surface area contributed by atoms with E-state index >= 15 is 0 Å². The van der Waals surface area contributed by atoms with Gasteiger partial charge in [0.1, 0.15) is 0 Å². The summed E-state index contributed by atoms with van der Waals surface area (Å²) in [5.41, 5.74) is 1.17. The maximum atomic E-state index is 4.39. The van der Waals surface area contributed by atoms with Crippen LogP contribution in [-0.4, -0.2) is 42.1 Å². The molecule has 0 spiro atoms. The highest BCUT2D eigenvalue weighted by Gasteiger charge is 2.18. The van der Waals surface area contributed by atoms with Gasteiger partial charge in [-0.1, -0.05) is 33.8 Å². The van der Waals surface area contributed by atoms with Crippen LogP contribution in [0.15, 0.2) is 24.4 Å². The van der Waals surface area contributed by atoms with E-state index in [0.717, 1.165) is 19.5 Å². The Balaban J connectivity index is 2.45. The van der Waals surface area contributed by atoms with Crippen LogP contribution < -0.4 is 5.32 Å². The van der Waals surface area contributed by atoms with Crippen molar-refractivity contribution in [3.63, 3.8) is 0 Å². The second kappa shape index (κ2) is 8.28. The molecule has 1 N–H and O–H groups in total. The first-order valence-electron chi connectivity index (χ1n) is 7.34. The second-order valence-electron chi connectivity index (χ2n) is 5.93. The molecule has 0 aromatic carbocycles. The third kappa shape index (κ3) is 6.17. The summed E-state index contributed by atoms with van der Waals surface area (Å²) in [7, 11) is 2.22. The number of nitrogens with zero attached hydrogens (tertiary/aromatic N) is 2. The monoisotopic (exact) mass is 263 g/mol. The molecular weight excluding hydrogens is 234 g/mol. The van der Waals surface area contributed by atoms with E-state index in [-0.39, 0.29) is 0 Å².